The van der Waals surface area contributed by atoms with Crippen LogP contribution in [0.3, 0.4) is 0 Å². The highest BCUT2D eigenvalue weighted by Gasteiger charge is 2.04. The predicted molar refractivity (Wildman–Crippen MR) is 74.3 cm³/mol. The zero-order chi connectivity index (χ0) is 15.1. The summed E-state index contributed by atoms with van der Waals surface area (Å²) in [6, 6.07) is 3.23. The predicted octanol–water partition coefficient (Wildman–Crippen LogP) is 0.500. The molecule has 3 aromatic rings. The van der Waals surface area contributed by atoms with Crippen LogP contribution in [0.2, 0.25) is 0 Å². The summed E-state index contributed by atoms with van der Waals surface area (Å²) in [6.45, 7) is 0. The second-order valence-electron chi connectivity index (χ2n) is 3.71. The van der Waals surface area contributed by atoms with E-state index >= 15 is 0 Å². The van der Waals surface area contributed by atoms with Crippen molar-refractivity contribution >= 4 is 29.0 Å². The summed E-state index contributed by atoms with van der Waals surface area (Å²) >= 11 is 0. The van der Waals surface area contributed by atoms with Crippen LogP contribution in [0.15, 0.2) is 37.2 Å². The fraction of sp³-hybridized carbons (Fsp3) is 0. The number of carbonyl (C=O) groups excluding carboxylic acids is 1. The highest BCUT2D eigenvalue weighted by molar-refractivity contribution is 6.33. The van der Waals surface area contributed by atoms with Gasteiger partial charge in [-0.1, -0.05) is 0 Å². The Bertz CT molecular complexity index is 791. The van der Waals surface area contributed by atoms with E-state index in [9.17, 15) is 4.79 Å². The molecular formula is C12H10N8O. The SMILES string of the molecule is Nc1ncnc2nc[nH]c12.[N-]=[N+]=CC(=O)c1cccnc1. The van der Waals surface area contributed by atoms with Gasteiger partial charge < -0.3 is 16.2 Å². The van der Waals surface area contributed by atoms with Crippen molar-refractivity contribution in [3.63, 3.8) is 0 Å². The summed E-state index contributed by atoms with van der Waals surface area (Å²) in [5.41, 5.74) is 15.2. The highest BCUT2D eigenvalue weighted by atomic mass is 16.1. The fourth-order valence-electron chi connectivity index (χ4n) is 1.42. The number of ketones is 1. The monoisotopic (exact) mass is 282 g/mol. The second kappa shape index (κ2) is 6.64. The van der Waals surface area contributed by atoms with Gasteiger partial charge in [-0.05, 0) is 12.1 Å². The maximum Gasteiger partial charge on any atom is 0.328 e. The van der Waals surface area contributed by atoms with E-state index in [1.807, 2.05) is 0 Å². The molecule has 0 aromatic carbocycles. The Hall–Kier alpha value is -3.45. The Labute approximate surface area is 118 Å². The first-order valence-corrected chi connectivity index (χ1v) is 5.73. The van der Waals surface area contributed by atoms with Crippen LogP contribution in [-0.2, 0) is 0 Å². The number of anilines is 1. The van der Waals surface area contributed by atoms with Crippen molar-refractivity contribution in [1.82, 2.24) is 24.9 Å². The number of H-pyrrole nitrogens is 1. The summed E-state index contributed by atoms with van der Waals surface area (Å²) in [4.78, 5) is 31.6. The number of carbonyl (C=O) groups is 1. The lowest BCUT2D eigenvalue weighted by Gasteiger charge is -1.89. The molecule has 0 aliphatic carbocycles. The van der Waals surface area contributed by atoms with Crippen LogP contribution in [0.4, 0.5) is 5.82 Å². The molecule has 0 unspecified atom stereocenters. The molecule has 0 aliphatic heterocycles. The molecule has 104 valence electrons. The molecule has 3 heterocycles. The van der Waals surface area contributed by atoms with Crippen LogP contribution in [0.5, 0.6) is 0 Å². The number of nitrogen functional groups attached to an aromatic ring is 1. The quantitative estimate of drug-likeness (QED) is 0.302. The van der Waals surface area contributed by atoms with Gasteiger partial charge in [-0.2, -0.15) is 4.79 Å². The molecule has 0 spiro atoms. The van der Waals surface area contributed by atoms with E-state index in [1.54, 1.807) is 18.3 Å². The normalized spacial score (nSPS) is 9.33. The van der Waals surface area contributed by atoms with Gasteiger partial charge in [-0.25, -0.2) is 15.0 Å². The fourth-order valence-corrected chi connectivity index (χ4v) is 1.42. The summed E-state index contributed by atoms with van der Waals surface area (Å²) in [6.07, 6.45) is 6.72. The van der Waals surface area contributed by atoms with Crippen LogP contribution in [0.25, 0.3) is 16.7 Å². The molecule has 0 saturated carbocycles. The Balaban J connectivity index is 0.000000154. The molecule has 3 rings (SSSR count). The molecule has 0 aliphatic rings. The largest absolute Gasteiger partial charge is 0.382 e. The molecule has 9 heteroatoms. The van der Waals surface area contributed by atoms with Gasteiger partial charge in [0.05, 0.1) is 6.33 Å². The molecule has 3 N–H and O–H groups in total. The number of nitrogens with zero attached hydrogens (tertiary/aromatic N) is 6. The van der Waals surface area contributed by atoms with Crippen molar-refractivity contribution in [2.75, 3.05) is 5.73 Å². The van der Waals surface area contributed by atoms with Crippen LogP contribution in [-0.4, -0.2) is 41.7 Å². The standard InChI is InChI=1S/C7H5N3O.C5H5N5/c8-10-5-7(11)6-2-1-3-9-4-6;6-4-3-5(9-1-7-3)10-2-8-4/h1-5H;1-2H,(H3,6,7,8,9,10). The number of nitrogens with one attached hydrogen (secondary N) is 1. The third kappa shape index (κ3) is 3.52. The van der Waals surface area contributed by atoms with Crippen LogP contribution >= 0.6 is 0 Å². The lowest BCUT2D eigenvalue weighted by atomic mass is 10.2. The van der Waals surface area contributed by atoms with Gasteiger partial charge in [0.1, 0.15) is 11.8 Å². The Kier molecular flexibility index (Phi) is 4.42. The van der Waals surface area contributed by atoms with E-state index in [0.717, 1.165) is 6.21 Å². The molecule has 0 fully saturated rings. The van der Waals surface area contributed by atoms with E-state index < -0.39 is 0 Å². The molecule has 0 amide bonds. The number of fused-ring (bicyclic) bond motifs is 1. The van der Waals surface area contributed by atoms with Crippen LogP contribution < -0.4 is 5.73 Å². The van der Waals surface area contributed by atoms with Crippen LogP contribution in [0, 0.1) is 0 Å². The number of Topliss-reactive ketones (excluding diaryl/α,β-unsaturated/α-hetero) is 1. The molecule has 0 radical (unpaired) electrons. The Morgan fingerprint density at radius 1 is 1.38 bits per heavy atom. The molecule has 0 atom stereocenters. The van der Waals surface area contributed by atoms with Crippen molar-refractivity contribution in [3.8, 4) is 0 Å². The van der Waals surface area contributed by atoms with Crippen molar-refractivity contribution in [1.29, 1.82) is 0 Å². The van der Waals surface area contributed by atoms with E-state index in [0.29, 0.717) is 22.5 Å². The van der Waals surface area contributed by atoms with E-state index in [-0.39, 0.29) is 5.78 Å². The molecule has 9 nitrogen and oxygen atoms in total. The third-order valence-corrected chi connectivity index (χ3v) is 2.37. The first-order valence-electron chi connectivity index (χ1n) is 5.73. The zero-order valence-corrected chi connectivity index (χ0v) is 10.7. The van der Waals surface area contributed by atoms with Gasteiger partial charge in [-0.3, -0.25) is 9.78 Å². The number of hydrogen-bond donors (Lipinski definition) is 2. The molecule has 0 bridgehead atoms. The van der Waals surface area contributed by atoms with E-state index in [4.69, 9.17) is 11.3 Å². The molecule has 3 aromatic heterocycles. The van der Waals surface area contributed by atoms with Crippen LogP contribution in [0.1, 0.15) is 10.4 Å². The van der Waals surface area contributed by atoms with Gasteiger partial charge in [-0.15, -0.1) is 0 Å². The smallest absolute Gasteiger partial charge is 0.328 e. The van der Waals surface area contributed by atoms with Gasteiger partial charge in [0.25, 0.3) is 5.78 Å². The Morgan fingerprint density at radius 2 is 2.24 bits per heavy atom. The number of aromatic nitrogens is 5. The zero-order valence-electron chi connectivity index (χ0n) is 10.7. The number of imidazole rings is 1. The lowest BCUT2D eigenvalue weighted by Crippen LogP contribution is -2.00. The number of rotatable bonds is 2. The minimum atomic E-state index is -0.361. The second-order valence-corrected chi connectivity index (χ2v) is 3.71. The molecular weight excluding hydrogens is 272 g/mol. The van der Waals surface area contributed by atoms with Crippen molar-refractivity contribution < 1.29 is 9.58 Å². The molecule has 0 saturated heterocycles. The first-order chi connectivity index (χ1) is 10.2. The van der Waals surface area contributed by atoms with Crippen molar-refractivity contribution in [2.24, 2.45) is 0 Å². The highest BCUT2D eigenvalue weighted by Crippen LogP contribution is 2.09. The maximum atomic E-state index is 10.9. The van der Waals surface area contributed by atoms with Gasteiger partial charge >= 0.3 is 6.21 Å². The minimum Gasteiger partial charge on any atom is -0.382 e. The van der Waals surface area contributed by atoms with Gasteiger partial charge in [0, 0.05) is 18.0 Å². The maximum absolute atomic E-state index is 10.9. The minimum absolute atomic E-state index is 0.361. The number of aromatic amines is 1. The average molecular weight is 282 g/mol. The van der Waals surface area contributed by atoms with Crippen molar-refractivity contribution in [3.05, 3.63) is 48.3 Å². The number of hydrogen-bond acceptors (Lipinski definition) is 6. The van der Waals surface area contributed by atoms with E-state index in [2.05, 4.69) is 29.7 Å². The van der Waals surface area contributed by atoms with E-state index in [1.165, 1.54) is 18.9 Å². The first kappa shape index (κ1) is 14.0. The molecule has 21 heavy (non-hydrogen) atoms. The summed E-state index contributed by atoms with van der Waals surface area (Å²) < 4.78 is 0. The lowest BCUT2D eigenvalue weighted by molar-refractivity contribution is 0.00234. The van der Waals surface area contributed by atoms with Crippen molar-refractivity contribution in [2.45, 2.75) is 0 Å². The average Bonchev–Trinajstić information content (AvgIpc) is 2.99. The van der Waals surface area contributed by atoms with Gasteiger partial charge in [0.2, 0.25) is 0 Å². The summed E-state index contributed by atoms with van der Waals surface area (Å²) in [7, 11) is 0. The summed E-state index contributed by atoms with van der Waals surface area (Å²) in [5, 5.41) is 0. The Morgan fingerprint density at radius 3 is 2.90 bits per heavy atom. The summed E-state index contributed by atoms with van der Waals surface area (Å²) in [5.74, 6) is 0.0723. The topological polar surface area (TPSA) is 147 Å². The number of pyridine rings is 1. The van der Waals surface area contributed by atoms with Gasteiger partial charge in [0.15, 0.2) is 11.5 Å². The third-order valence-electron chi connectivity index (χ3n) is 2.37. The number of nitrogens with two attached hydrogens (primary N) is 1.